The molecule has 1 aliphatic carbocycles. The van der Waals surface area contributed by atoms with Crippen molar-refractivity contribution in [3.8, 4) is 34.5 Å². The first kappa shape index (κ1) is 36.9. The van der Waals surface area contributed by atoms with Gasteiger partial charge in [-0.2, -0.15) is 0 Å². The molecule has 4 atom stereocenters. The van der Waals surface area contributed by atoms with E-state index in [-0.39, 0.29) is 48.7 Å². The van der Waals surface area contributed by atoms with Gasteiger partial charge in [-0.05, 0) is 72.0 Å². The monoisotopic (exact) mass is 696 g/mol. The first-order chi connectivity index (χ1) is 23.7. The van der Waals surface area contributed by atoms with Crippen LogP contribution in [0, 0.1) is 0 Å². The average Bonchev–Trinajstić information content (AvgIpc) is 3.07. The van der Waals surface area contributed by atoms with Crippen LogP contribution < -0.4 is 4.74 Å². The lowest BCUT2D eigenvalue weighted by molar-refractivity contribution is -0.215. The summed E-state index contributed by atoms with van der Waals surface area (Å²) in [5, 5.41) is 69.8. The number of ether oxygens (including phenoxy) is 4. The van der Waals surface area contributed by atoms with E-state index in [1.807, 2.05) is 0 Å². The van der Waals surface area contributed by atoms with Crippen LogP contribution in [0.5, 0.6) is 34.5 Å². The Morgan fingerprint density at radius 1 is 0.740 bits per heavy atom. The summed E-state index contributed by atoms with van der Waals surface area (Å²) in [6.45, 7) is 0. The molecule has 15 heteroatoms. The van der Waals surface area contributed by atoms with Crippen LogP contribution >= 0.6 is 0 Å². The van der Waals surface area contributed by atoms with Crippen molar-refractivity contribution in [1.82, 2.24) is 0 Å². The summed E-state index contributed by atoms with van der Waals surface area (Å²) < 4.78 is 21.3. The van der Waals surface area contributed by atoms with Crippen molar-refractivity contribution in [2.75, 3.05) is 7.11 Å². The number of aliphatic hydroxyl groups is 1. The summed E-state index contributed by atoms with van der Waals surface area (Å²) in [5.74, 6) is -6.15. The lowest BCUT2D eigenvalue weighted by Crippen LogP contribution is -2.59. The van der Waals surface area contributed by atoms with Crippen molar-refractivity contribution >= 4 is 30.0 Å². The molecule has 50 heavy (non-hydrogen) atoms. The van der Waals surface area contributed by atoms with Gasteiger partial charge in [-0.25, -0.2) is 9.59 Å². The largest absolute Gasteiger partial charge is 0.504 e. The highest BCUT2D eigenvalue weighted by Crippen LogP contribution is 2.37. The van der Waals surface area contributed by atoms with Crippen LogP contribution in [0.25, 0.3) is 6.08 Å². The van der Waals surface area contributed by atoms with Crippen molar-refractivity contribution in [3.63, 3.8) is 0 Å². The van der Waals surface area contributed by atoms with Crippen molar-refractivity contribution < 1.29 is 73.9 Å². The van der Waals surface area contributed by atoms with E-state index in [2.05, 4.69) is 0 Å². The summed E-state index contributed by atoms with van der Waals surface area (Å²) in [5.41, 5.74) is -1.10. The minimum Gasteiger partial charge on any atom is -0.504 e. The van der Waals surface area contributed by atoms with Gasteiger partial charge in [0.05, 0.1) is 7.11 Å². The predicted molar refractivity (Wildman–Crippen MR) is 171 cm³/mol. The molecule has 0 saturated heterocycles. The van der Waals surface area contributed by atoms with Gasteiger partial charge in [-0.15, -0.1) is 0 Å². The maximum Gasteiger partial charge on any atom is 0.348 e. The van der Waals surface area contributed by atoms with E-state index in [0.29, 0.717) is 16.7 Å². The molecule has 266 valence electrons. The molecule has 3 aromatic carbocycles. The molecule has 7 N–H and O–H groups in total. The number of hydrogen-bond acceptors (Lipinski definition) is 14. The summed E-state index contributed by atoms with van der Waals surface area (Å²) in [7, 11) is 1.34. The number of esters is 3. The Morgan fingerprint density at radius 3 is 1.82 bits per heavy atom. The summed E-state index contributed by atoms with van der Waals surface area (Å²) >= 11 is 0. The van der Waals surface area contributed by atoms with Gasteiger partial charge in [0.15, 0.2) is 34.5 Å². The molecule has 0 radical (unpaired) electrons. The molecule has 0 amide bonds. The van der Waals surface area contributed by atoms with Crippen LogP contribution in [0.2, 0.25) is 0 Å². The lowest BCUT2D eigenvalue weighted by Gasteiger charge is -2.42. The number of carbonyl (C=O) groups is 4. The Morgan fingerprint density at radius 2 is 1.28 bits per heavy atom. The first-order valence-electron chi connectivity index (χ1n) is 15.3. The van der Waals surface area contributed by atoms with Gasteiger partial charge >= 0.3 is 23.9 Å². The third kappa shape index (κ3) is 9.35. The highest BCUT2D eigenvalue weighted by Gasteiger charge is 2.56. The van der Waals surface area contributed by atoms with E-state index < -0.39 is 72.1 Å². The van der Waals surface area contributed by atoms with Crippen molar-refractivity contribution in [2.45, 2.75) is 62.4 Å². The number of aryl methyl sites for hydroxylation is 2. The molecule has 3 aromatic rings. The smallest absolute Gasteiger partial charge is 0.348 e. The van der Waals surface area contributed by atoms with E-state index in [1.165, 1.54) is 67.8 Å². The van der Waals surface area contributed by atoms with Gasteiger partial charge in [0.1, 0.15) is 18.3 Å². The van der Waals surface area contributed by atoms with Gasteiger partial charge in [-0.3, -0.25) is 9.59 Å². The van der Waals surface area contributed by atoms with E-state index in [1.54, 1.807) is 0 Å². The quantitative estimate of drug-likeness (QED) is 0.0588. The zero-order valence-corrected chi connectivity index (χ0v) is 26.7. The van der Waals surface area contributed by atoms with Crippen LogP contribution in [0.1, 0.15) is 42.4 Å². The third-order valence-corrected chi connectivity index (χ3v) is 8.00. The number of benzene rings is 3. The lowest BCUT2D eigenvalue weighted by atomic mass is 9.79. The van der Waals surface area contributed by atoms with Crippen molar-refractivity contribution in [3.05, 3.63) is 77.4 Å². The highest BCUT2D eigenvalue weighted by atomic mass is 16.6. The first-order valence-corrected chi connectivity index (χ1v) is 15.3. The van der Waals surface area contributed by atoms with Gasteiger partial charge in [0, 0.05) is 31.8 Å². The SMILES string of the molecule is COc1cc(C=CC(=O)O[C@@H]2C[C@@](OC(=O)CCc3ccc(O)c(O)c3)(C(=O)O)C[C@@H](OC(=O)CCc3ccc(O)c(O)c3)[C@@H]2O)ccc1O. The topological polar surface area (TPSA) is 247 Å². The van der Waals surface area contributed by atoms with E-state index >= 15 is 0 Å². The number of aromatic hydroxyl groups is 5. The molecule has 15 nitrogen and oxygen atoms in total. The van der Waals surface area contributed by atoms with Gasteiger partial charge in [0.25, 0.3) is 0 Å². The third-order valence-electron chi connectivity index (χ3n) is 8.00. The number of aliphatic carboxylic acids is 1. The number of carbonyl (C=O) groups excluding carboxylic acids is 3. The zero-order valence-electron chi connectivity index (χ0n) is 26.7. The molecule has 1 saturated carbocycles. The van der Waals surface area contributed by atoms with Crippen LogP contribution in [-0.4, -0.2) is 90.6 Å². The number of rotatable bonds is 13. The Bertz CT molecular complexity index is 1770. The number of phenols is 5. The number of hydrogen-bond donors (Lipinski definition) is 7. The second-order valence-electron chi connectivity index (χ2n) is 11.6. The van der Waals surface area contributed by atoms with Crippen LogP contribution in [0.3, 0.4) is 0 Å². The number of methoxy groups -OCH3 is 1. The predicted octanol–water partition coefficient (Wildman–Crippen LogP) is 2.85. The molecule has 4 rings (SSSR count). The number of carboxylic acid groups (broad SMARTS) is 1. The summed E-state index contributed by atoms with van der Waals surface area (Å²) in [6.07, 6.45) is -4.76. The normalized spacial score (nSPS) is 20.2. The van der Waals surface area contributed by atoms with Crippen molar-refractivity contribution in [1.29, 1.82) is 0 Å². The van der Waals surface area contributed by atoms with Crippen LogP contribution in [0.4, 0.5) is 0 Å². The van der Waals surface area contributed by atoms with Gasteiger partial charge in [-0.1, -0.05) is 18.2 Å². The highest BCUT2D eigenvalue weighted by molar-refractivity contribution is 5.87. The number of aliphatic hydroxyl groups excluding tert-OH is 1. The fourth-order valence-corrected chi connectivity index (χ4v) is 5.33. The molecular formula is C35H36O15. The number of phenolic OH excluding ortho intramolecular Hbond substituents is 5. The summed E-state index contributed by atoms with van der Waals surface area (Å²) in [4.78, 5) is 51.4. The Hall–Kier alpha value is -5.96. The Balaban J connectivity index is 1.53. The standard InChI is InChI=1S/C35H36O15/c1-47-27-16-21(4-10-24(27)38)6-12-31(42)49-29-18-35(34(45)46,50-32(43)13-7-20-3-9-23(37)26(40)15-20)17-28(33(29)44)48-30(41)11-5-19-2-8-22(36)25(39)14-19/h2-4,6,8-10,12,14-16,28-29,33,36-40,44H,5,7,11,13,17-18H2,1H3,(H,45,46)/t28-,29-,33+,35-/m1/s1. The fraction of sp³-hybridized carbons (Fsp3) is 0.314. The van der Waals surface area contributed by atoms with Gasteiger partial charge < -0.3 is 54.7 Å². The number of carboxylic acids is 1. The van der Waals surface area contributed by atoms with Crippen molar-refractivity contribution in [2.24, 2.45) is 0 Å². The Kier molecular flexibility index (Phi) is 11.8. The molecule has 1 fully saturated rings. The molecule has 0 aliphatic heterocycles. The molecular weight excluding hydrogens is 660 g/mol. The molecule has 0 spiro atoms. The van der Waals surface area contributed by atoms with Crippen LogP contribution in [0.15, 0.2) is 60.7 Å². The average molecular weight is 697 g/mol. The van der Waals surface area contributed by atoms with E-state index in [0.717, 1.165) is 6.08 Å². The molecule has 1 aliphatic rings. The van der Waals surface area contributed by atoms with E-state index in [4.69, 9.17) is 18.9 Å². The fourth-order valence-electron chi connectivity index (χ4n) is 5.33. The molecule has 0 heterocycles. The maximum absolute atomic E-state index is 13.0. The second kappa shape index (κ2) is 16.0. The second-order valence-corrected chi connectivity index (χ2v) is 11.6. The van der Waals surface area contributed by atoms with Gasteiger partial charge in [0.2, 0.25) is 5.60 Å². The zero-order chi connectivity index (χ0) is 36.6. The molecule has 0 unspecified atom stereocenters. The molecule has 0 bridgehead atoms. The Labute approximate surface area is 285 Å². The molecule has 0 aromatic heterocycles. The maximum atomic E-state index is 13.0. The van der Waals surface area contributed by atoms with E-state index in [9.17, 15) is 54.9 Å². The minimum atomic E-state index is -2.42. The summed E-state index contributed by atoms with van der Waals surface area (Å²) in [6, 6.07) is 12.0. The minimum absolute atomic E-state index is 0.0124. The van der Waals surface area contributed by atoms with Crippen LogP contribution in [-0.2, 0) is 46.2 Å².